The Morgan fingerprint density at radius 2 is 1.88 bits per heavy atom. The highest BCUT2D eigenvalue weighted by molar-refractivity contribution is 5.92. The van der Waals surface area contributed by atoms with E-state index in [-0.39, 0.29) is 41.8 Å². The minimum absolute atomic E-state index is 0.0824. The third-order valence-electron chi connectivity index (χ3n) is 5.09. The average molecular weight is 439 g/mol. The molecule has 1 atom stereocenters. The maximum Gasteiger partial charge on any atom is 0.343 e. The molecule has 9 nitrogen and oxygen atoms in total. The van der Waals surface area contributed by atoms with E-state index in [0.717, 1.165) is 0 Å². The zero-order valence-electron chi connectivity index (χ0n) is 17.4. The first-order chi connectivity index (χ1) is 15.4. The molecule has 9 heteroatoms. The molecule has 3 N–H and O–H groups in total. The fourth-order valence-electron chi connectivity index (χ4n) is 3.61. The lowest BCUT2D eigenvalue weighted by molar-refractivity contribution is -0.116. The van der Waals surface area contributed by atoms with Gasteiger partial charge in [-0.2, -0.15) is 0 Å². The number of anilines is 1. The Labute approximate surface area is 182 Å². The van der Waals surface area contributed by atoms with Gasteiger partial charge in [0.25, 0.3) is 0 Å². The normalized spacial score (nSPS) is 12.9. The molecule has 0 saturated heterocycles. The number of nitrogens with one attached hydrogen (secondary N) is 1. The van der Waals surface area contributed by atoms with Gasteiger partial charge in [0.15, 0.2) is 23.0 Å². The monoisotopic (exact) mass is 439 g/mol. The van der Waals surface area contributed by atoms with Crippen molar-refractivity contribution in [1.82, 2.24) is 0 Å². The third kappa shape index (κ3) is 4.18. The van der Waals surface area contributed by atoms with Crippen LogP contribution < -0.4 is 25.2 Å². The molecule has 2 aromatic carbocycles. The minimum atomic E-state index is -0.891. The van der Waals surface area contributed by atoms with Crippen molar-refractivity contribution in [3.8, 4) is 28.7 Å². The van der Waals surface area contributed by atoms with E-state index in [1.54, 1.807) is 24.3 Å². The number of aryl methyl sites for hydroxylation is 1. The Morgan fingerprint density at radius 3 is 2.59 bits per heavy atom. The fourth-order valence-corrected chi connectivity index (χ4v) is 3.61. The molecule has 0 spiro atoms. The number of rotatable bonds is 6. The lowest BCUT2D eigenvalue weighted by Crippen LogP contribution is -2.21. The van der Waals surface area contributed by atoms with Crippen LogP contribution >= 0.6 is 0 Å². The second kappa shape index (κ2) is 8.54. The van der Waals surface area contributed by atoms with E-state index < -0.39 is 17.5 Å². The van der Waals surface area contributed by atoms with Gasteiger partial charge in [0.05, 0.1) is 12.7 Å². The Bertz CT molecular complexity index is 1230. The van der Waals surface area contributed by atoms with Crippen molar-refractivity contribution in [3.05, 3.63) is 69.8 Å². The summed E-state index contributed by atoms with van der Waals surface area (Å²) in [5.74, 6) is -0.221. The van der Waals surface area contributed by atoms with Crippen molar-refractivity contribution in [2.75, 3.05) is 19.2 Å². The first kappa shape index (κ1) is 21.1. The van der Waals surface area contributed by atoms with Gasteiger partial charge in [-0.05, 0) is 36.8 Å². The molecule has 1 amide bonds. The molecule has 1 aliphatic heterocycles. The molecule has 4 rings (SSSR count). The van der Waals surface area contributed by atoms with Crippen molar-refractivity contribution in [2.24, 2.45) is 0 Å². The Hall–Kier alpha value is -4.14. The van der Waals surface area contributed by atoms with Crippen molar-refractivity contribution in [3.63, 3.8) is 0 Å². The van der Waals surface area contributed by atoms with Crippen molar-refractivity contribution < 1.29 is 33.6 Å². The van der Waals surface area contributed by atoms with Gasteiger partial charge in [-0.3, -0.25) is 4.79 Å². The van der Waals surface area contributed by atoms with Crippen molar-refractivity contribution >= 4 is 11.6 Å². The molecule has 3 aromatic rings. The molecule has 0 aliphatic carbocycles. The van der Waals surface area contributed by atoms with Crippen LogP contribution in [-0.4, -0.2) is 30.0 Å². The topological polar surface area (TPSA) is 127 Å². The van der Waals surface area contributed by atoms with Gasteiger partial charge in [0.1, 0.15) is 11.5 Å². The van der Waals surface area contributed by atoms with E-state index >= 15 is 0 Å². The lowest BCUT2D eigenvalue weighted by Gasteiger charge is -2.19. The highest BCUT2D eigenvalue weighted by atomic mass is 16.7. The molecule has 1 aromatic heterocycles. The number of hydrogen-bond donors (Lipinski definition) is 3. The summed E-state index contributed by atoms with van der Waals surface area (Å²) >= 11 is 0. The summed E-state index contributed by atoms with van der Waals surface area (Å²) in [6.45, 7) is 1.64. The number of aromatic hydroxyl groups is 2. The minimum Gasteiger partial charge on any atom is -0.507 e. The van der Waals surface area contributed by atoms with Crippen LogP contribution in [0.3, 0.4) is 0 Å². The van der Waals surface area contributed by atoms with E-state index in [0.29, 0.717) is 22.7 Å². The molecule has 166 valence electrons. The standard InChI is InChI=1S/C23H21NO8/c1-12-7-17(26)22(23(28)32-12)15(13-3-5-18(29-2)16(25)8-13)10-21(27)24-14-4-6-19-20(9-14)31-11-30-19/h3-9,15,25-26H,10-11H2,1-2H3,(H,24,27)/t15-/m1/s1. The van der Waals surface area contributed by atoms with E-state index in [1.165, 1.54) is 32.2 Å². The maximum absolute atomic E-state index is 12.9. The highest BCUT2D eigenvalue weighted by Gasteiger charge is 2.27. The Morgan fingerprint density at radius 1 is 1.09 bits per heavy atom. The van der Waals surface area contributed by atoms with Crippen LogP contribution in [0, 0.1) is 6.92 Å². The zero-order valence-corrected chi connectivity index (χ0v) is 17.4. The predicted molar refractivity (Wildman–Crippen MR) is 114 cm³/mol. The maximum atomic E-state index is 12.9. The number of phenolic OH excluding ortho intramolecular Hbond substituents is 1. The van der Waals surface area contributed by atoms with Crippen molar-refractivity contribution in [2.45, 2.75) is 19.3 Å². The molecular weight excluding hydrogens is 418 g/mol. The molecule has 0 fully saturated rings. The van der Waals surface area contributed by atoms with E-state index in [2.05, 4.69) is 5.32 Å². The van der Waals surface area contributed by atoms with Gasteiger partial charge < -0.3 is 34.2 Å². The van der Waals surface area contributed by atoms with E-state index in [4.69, 9.17) is 18.6 Å². The quantitative estimate of drug-likeness (QED) is 0.534. The Kier molecular flexibility index (Phi) is 5.63. The number of fused-ring (bicyclic) bond motifs is 1. The summed E-state index contributed by atoms with van der Waals surface area (Å²) in [7, 11) is 1.41. The van der Waals surface area contributed by atoms with Crippen molar-refractivity contribution in [1.29, 1.82) is 0 Å². The molecule has 1 aliphatic rings. The van der Waals surface area contributed by atoms with Crippen LogP contribution in [0.1, 0.15) is 29.2 Å². The SMILES string of the molecule is COc1ccc([C@@H](CC(=O)Nc2ccc3c(c2)OCO3)c2c(O)cc(C)oc2=O)cc1O. The summed E-state index contributed by atoms with van der Waals surface area (Å²) in [5, 5.41) is 23.4. The number of amides is 1. The van der Waals surface area contributed by atoms with Crippen LogP contribution in [0.15, 0.2) is 51.7 Å². The van der Waals surface area contributed by atoms with Crippen LogP contribution in [0.2, 0.25) is 0 Å². The number of hydrogen-bond acceptors (Lipinski definition) is 8. The van der Waals surface area contributed by atoms with Crippen LogP contribution in [0.4, 0.5) is 5.69 Å². The average Bonchev–Trinajstić information content (AvgIpc) is 3.20. The van der Waals surface area contributed by atoms with Gasteiger partial charge in [0, 0.05) is 30.2 Å². The number of ether oxygens (including phenoxy) is 3. The van der Waals surface area contributed by atoms with Crippen LogP contribution in [0.5, 0.6) is 28.7 Å². The number of carbonyl (C=O) groups excluding carboxylic acids is 1. The van der Waals surface area contributed by atoms with Gasteiger partial charge in [-0.15, -0.1) is 0 Å². The predicted octanol–water partition coefficient (Wildman–Crippen LogP) is 3.26. The largest absolute Gasteiger partial charge is 0.507 e. The first-order valence-electron chi connectivity index (χ1n) is 9.75. The molecule has 0 saturated carbocycles. The fraction of sp³-hybridized carbons (Fsp3) is 0.217. The summed E-state index contributed by atoms with van der Waals surface area (Å²) in [6.07, 6.45) is -0.207. The molecule has 0 bridgehead atoms. The highest BCUT2D eigenvalue weighted by Crippen LogP contribution is 2.37. The Balaban J connectivity index is 1.67. The number of carbonyl (C=O) groups is 1. The summed E-state index contributed by atoms with van der Waals surface area (Å²) in [5.41, 5.74) is 0.0611. The number of benzene rings is 2. The first-order valence-corrected chi connectivity index (χ1v) is 9.75. The number of phenols is 1. The van der Waals surface area contributed by atoms with E-state index in [9.17, 15) is 19.8 Å². The zero-order chi connectivity index (χ0) is 22.8. The van der Waals surface area contributed by atoms with Gasteiger partial charge in [-0.1, -0.05) is 6.07 Å². The third-order valence-corrected chi connectivity index (χ3v) is 5.09. The van der Waals surface area contributed by atoms with Gasteiger partial charge >= 0.3 is 5.63 Å². The smallest absolute Gasteiger partial charge is 0.343 e. The second-order valence-corrected chi connectivity index (χ2v) is 7.25. The van der Waals surface area contributed by atoms with Gasteiger partial charge in [0.2, 0.25) is 12.7 Å². The van der Waals surface area contributed by atoms with E-state index in [1.807, 2.05) is 0 Å². The molecular formula is C23H21NO8. The molecule has 2 heterocycles. The molecule has 32 heavy (non-hydrogen) atoms. The number of methoxy groups -OCH3 is 1. The summed E-state index contributed by atoms with van der Waals surface area (Å²) in [4.78, 5) is 25.5. The second-order valence-electron chi connectivity index (χ2n) is 7.25. The van der Waals surface area contributed by atoms with Crippen LogP contribution in [0.25, 0.3) is 0 Å². The summed E-state index contributed by atoms with van der Waals surface area (Å²) in [6, 6.07) is 10.8. The lowest BCUT2D eigenvalue weighted by atomic mass is 9.88. The van der Waals surface area contributed by atoms with Gasteiger partial charge in [-0.25, -0.2) is 4.79 Å². The van der Waals surface area contributed by atoms with Crippen LogP contribution in [-0.2, 0) is 4.79 Å². The molecule has 0 unspecified atom stereocenters. The molecule has 0 radical (unpaired) electrons. The summed E-state index contributed by atoms with van der Waals surface area (Å²) < 4.78 is 20.8.